The number of carbonyl (C=O) groups is 1. The highest BCUT2D eigenvalue weighted by atomic mass is 16.3. The van der Waals surface area contributed by atoms with Crippen molar-refractivity contribution in [3.05, 3.63) is 17.8 Å². The number of ketones is 1. The number of likely N-dealkylation sites (tertiary alicyclic amines) is 1. The van der Waals surface area contributed by atoms with Crippen LogP contribution in [-0.2, 0) is 17.6 Å². The molecule has 0 N–H and O–H groups in total. The molecule has 1 aliphatic heterocycles. The van der Waals surface area contributed by atoms with Crippen LogP contribution >= 0.6 is 0 Å². The Labute approximate surface area is 115 Å². The summed E-state index contributed by atoms with van der Waals surface area (Å²) < 4.78 is 5.51. The molecule has 4 nitrogen and oxygen atoms in total. The molecule has 0 spiro atoms. The number of aromatic nitrogens is 1. The van der Waals surface area contributed by atoms with Crippen molar-refractivity contribution in [1.29, 1.82) is 0 Å². The van der Waals surface area contributed by atoms with Crippen LogP contribution in [0.4, 0.5) is 0 Å². The molecule has 106 valence electrons. The highest BCUT2D eigenvalue weighted by Gasteiger charge is 2.26. The Morgan fingerprint density at radius 2 is 2.32 bits per heavy atom. The summed E-state index contributed by atoms with van der Waals surface area (Å²) in [7, 11) is 0. The van der Waals surface area contributed by atoms with Gasteiger partial charge in [0, 0.05) is 18.5 Å². The number of hydrogen-bond donors (Lipinski definition) is 0. The third-order valence-electron chi connectivity index (χ3n) is 3.78. The molecule has 1 fully saturated rings. The Kier molecular flexibility index (Phi) is 4.75. The fourth-order valence-electron chi connectivity index (χ4n) is 2.90. The summed E-state index contributed by atoms with van der Waals surface area (Å²) in [6, 6.07) is 1.09. The molecule has 1 saturated heterocycles. The molecular formula is C15H24N2O2. The fourth-order valence-corrected chi connectivity index (χ4v) is 2.90. The lowest BCUT2D eigenvalue weighted by atomic mass is 9.98. The normalized spacial score (nSPS) is 20.9. The van der Waals surface area contributed by atoms with Crippen LogP contribution in [0.1, 0.15) is 51.6 Å². The van der Waals surface area contributed by atoms with E-state index in [-0.39, 0.29) is 5.78 Å². The van der Waals surface area contributed by atoms with E-state index in [0.717, 1.165) is 18.0 Å². The van der Waals surface area contributed by atoms with Gasteiger partial charge in [0.05, 0.1) is 12.1 Å². The van der Waals surface area contributed by atoms with E-state index >= 15 is 0 Å². The second-order valence-electron chi connectivity index (χ2n) is 5.80. The highest BCUT2D eigenvalue weighted by Crippen LogP contribution is 2.22. The van der Waals surface area contributed by atoms with Gasteiger partial charge >= 0.3 is 0 Å². The highest BCUT2D eigenvalue weighted by molar-refractivity contribution is 5.77. The lowest BCUT2D eigenvalue weighted by Crippen LogP contribution is -2.45. The second kappa shape index (κ2) is 6.33. The van der Waals surface area contributed by atoms with Crippen molar-refractivity contribution >= 4 is 5.78 Å². The van der Waals surface area contributed by atoms with Gasteiger partial charge in [-0.15, -0.1) is 0 Å². The number of rotatable bonds is 5. The van der Waals surface area contributed by atoms with Gasteiger partial charge in [-0.1, -0.05) is 6.42 Å². The molecule has 1 aromatic rings. The SMILES string of the molecule is CC(=O)Cc1coc(CC2CCCCN2C(C)C)n1. The summed E-state index contributed by atoms with van der Waals surface area (Å²) >= 11 is 0. The average molecular weight is 264 g/mol. The second-order valence-corrected chi connectivity index (χ2v) is 5.80. The van der Waals surface area contributed by atoms with E-state index in [0.29, 0.717) is 18.5 Å². The summed E-state index contributed by atoms with van der Waals surface area (Å²) in [4.78, 5) is 18.0. The minimum absolute atomic E-state index is 0.126. The number of Topliss-reactive ketones (excluding diaryl/α,β-unsaturated/α-hetero) is 1. The van der Waals surface area contributed by atoms with Crippen molar-refractivity contribution in [3.63, 3.8) is 0 Å². The molecule has 2 rings (SSSR count). The first kappa shape index (κ1) is 14.3. The van der Waals surface area contributed by atoms with E-state index in [1.165, 1.54) is 25.8 Å². The van der Waals surface area contributed by atoms with Gasteiger partial charge in [0.25, 0.3) is 0 Å². The maximum absolute atomic E-state index is 11.1. The van der Waals surface area contributed by atoms with Crippen molar-refractivity contribution in [3.8, 4) is 0 Å². The van der Waals surface area contributed by atoms with Crippen LogP contribution in [-0.4, -0.2) is 34.3 Å². The van der Waals surface area contributed by atoms with Crippen molar-refractivity contribution in [2.45, 2.75) is 65.0 Å². The lowest BCUT2D eigenvalue weighted by molar-refractivity contribution is -0.116. The van der Waals surface area contributed by atoms with E-state index in [2.05, 4.69) is 23.7 Å². The topological polar surface area (TPSA) is 46.3 Å². The van der Waals surface area contributed by atoms with Gasteiger partial charge in [0.2, 0.25) is 0 Å². The monoisotopic (exact) mass is 264 g/mol. The smallest absolute Gasteiger partial charge is 0.195 e. The van der Waals surface area contributed by atoms with Gasteiger partial charge in [-0.3, -0.25) is 9.69 Å². The third-order valence-corrected chi connectivity index (χ3v) is 3.78. The predicted octanol–water partition coefficient (Wildman–Crippen LogP) is 2.61. The Morgan fingerprint density at radius 3 is 3.00 bits per heavy atom. The molecule has 0 saturated carbocycles. The van der Waals surface area contributed by atoms with Crippen molar-refractivity contribution < 1.29 is 9.21 Å². The molecule has 4 heteroatoms. The van der Waals surface area contributed by atoms with Gasteiger partial charge in [0.15, 0.2) is 5.89 Å². The zero-order valence-corrected chi connectivity index (χ0v) is 12.2. The summed E-state index contributed by atoms with van der Waals surface area (Å²) in [5.74, 6) is 0.898. The van der Waals surface area contributed by atoms with E-state index in [1.807, 2.05) is 0 Å². The first-order chi connectivity index (χ1) is 9.06. The Bertz CT molecular complexity index is 426. The van der Waals surface area contributed by atoms with Crippen molar-refractivity contribution in [1.82, 2.24) is 9.88 Å². The van der Waals surface area contributed by atoms with Gasteiger partial charge in [-0.25, -0.2) is 4.98 Å². The van der Waals surface area contributed by atoms with E-state index in [4.69, 9.17) is 4.42 Å². The summed E-state index contributed by atoms with van der Waals surface area (Å²) in [5.41, 5.74) is 0.759. The Morgan fingerprint density at radius 1 is 1.53 bits per heavy atom. The van der Waals surface area contributed by atoms with E-state index in [1.54, 1.807) is 13.2 Å². The van der Waals surface area contributed by atoms with Crippen LogP contribution in [0.3, 0.4) is 0 Å². The van der Waals surface area contributed by atoms with Crippen molar-refractivity contribution in [2.24, 2.45) is 0 Å². The van der Waals surface area contributed by atoms with Gasteiger partial charge in [-0.05, 0) is 40.2 Å². The van der Waals surface area contributed by atoms with E-state index in [9.17, 15) is 4.79 Å². The summed E-state index contributed by atoms with van der Waals surface area (Å²) in [6.45, 7) is 7.24. The first-order valence-electron chi connectivity index (χ1n) is 7.24. The molecular weight excluding hydrogens is 240 g/mol. The minimum atomic E-state index is 0.126. The zero-order chi connectivity index (χ0) is 13.8. The standard InChI is InChI=1S/C15H24N2O2/c1-11(2)17-7-5-4-6-14(17)9-15-16-13(10-19-15)8-12(3)18/h10-11,14H,4-9H2,1-3H3. The number of oxazole rings is 1. The number of piperidine rings is 1. The van der Waals surface area contributed by atoms with Gasteiger partial charge in [0.1, 0.15) is 12.0 Å². The molecule has 1 aliphatic rings. The summed E-state index contributed by atoms with van der Waals surface area (Å²) in [6.07, 6.45) is 6.64. The molecule has 0 bridgehead atoms. The van der Waals surface area contributed by atoms with Crippen LogP contribution in [0.5, 0.6) is 0 Å². The fraction of sp³-hybridized carbons (Fsp3) is 0.733. The summed E-state index contributed by atoms with van der Waals surface area (Å²) in [5, 5.41) is 0. The van der Waals surface area contributed by atoms with Gasteiger partial charge in [-0.2, -0.15) is 0 Å². The molecule has 0 radical (unpaired) electrons. The van der Waals surface area contributed by atoms with Crippen LogP contribution in [0.25, 0.3) is 0 Å². The maximum Gasteiger partial charge on any atom is 0.195 e. The molecule has 0 aromatic carbocycles. The molecule has 0 aliphatic carbocycles. The first-order valence-corrected chi connectivity index (χ1v) is 7.24. The van der Waals surface area contributed by atoms with Crippen molar-refractivity contribution in [2.75, 3.05) is 6.54 Å². The minimum Gasteiger partial charge on any atom is -0.449 e. The van der Waals surface area contributed by atoms with Crippen LogP contribution in [0, 0.1) is 0 Å². The molecule has 1 atom stereocenters. The maximum atomic E-state index is 11.1. The quantitative estimate of drug-likeness (QED) is 0.820. The van der Waals surface area contributed by atoms with Crippen LogP contribution in [0.2, 0.25) is 0 Å². The molecule has 19 heavy (non-hydrogen) atoms. The third kappa shape index (κ3) is 3.90. The Balaban J connectivity index is 1.98. The largest absolute Gasteiger partial charge is 0.449 e. The van der Waals surface area contributed by atoms with Crippen LogP contribution < -0.4 is 0 Å². The molecule has 1 aromatic heterocycles. The average Bonchev–Trinajstić information content (AvgIpc) is 2.76. The predicted molar refractivity (Wildman–Crippen MR) is 74.1 cm³/mol. The molecule has 1 unspecified atom stereocenters. The Hall–Kier alpha value is -1.16. The number of nitrogens with zero attached hydrogens (tertiary/aromatic N) is 2. The number of carbonyl (C=O) groups excluding carboxylic acids is 1. The molecule has 0 amide bonds. The number of hydrogen-bond acceptors (Lipinski definition) is 4. The van der Waals surface area contributed by atoms with Crippen LogP contribution in [0.15, 0.2) is 10.7 Å². The van der Waals surface area contributed by atoms with E-state index < -0.39 is 0 Å². The van der Waals surface area contributed by atoms with Gasteiger partial charge < -0.3 is 4.42 Å². The molecule has 2 heterocycles. The lowest BCUT2D eigenvalue weighted by Gasteiger charge is -2.38. The zero-order valence-electron chi connectivity index (χ0n) is 12.2.